The molecule has 2 N–H and O–H groups in total. The highest BCUT2D eigenvalue weighted by Crippen LogP contribution is 2.23. The maximum atomic E-state index is 13.8. The third-order valence-corrected chi connectivity index (χ3v) is 2.35. The SMILES string of the molecule is CC(C)(C)OC(=O)n1ccc2cc(N)cc(F)c21. The number of benzene rings is 1. The second kappa shape index (κ2) is 4.01. The molecule has 0 amide bonds. The van der Waals surface area contributed by atoms with Crippen LogP contribution in [0, 0.1) is 5.82 Å². The molecule has 0 spiro atoms. The maximum absolute atomic E-state index is 13.8. The molecule has 1 aromatic carbocycles. The van der Waals surface area contributed by atoms with Gasteiger partial charge < -0.3 is 10.5 Å². The minimum absolute atomic E-state index is 0.179. The van der Waals surface area contributed by atoms with Crippen molar-refractivity contribution in [1.29, 1.82) is 0 Å². The smallest absolute Gasteiger partial charge is 0.419 e. The van der Waals surface area contributed by atoms with Crippen molar-refractivity contribution in [2.45, 2.75) is 26.4 Å². The van der Waals surface area contributed by atoms with Gasteiger partial charge >= 0.3 is 6.09 Å². The largest absolute Gasteiger partial charge is 0.443 e. The number of nitrogen functional groups attached to an aromatic ring is 1. The normalized spacial score (nSPS) is 11.8. The van der Waals surface area contributed by atoms with E-state index < -0.39 is 17.5 Å². The lowest BCUT2D eigenvalue weighted by Gasteiger charge is -2.19. The lowest BCUT2D eigenvalue weighted by atomic mass is 10.2. The van der Waals surface area contributed by atoms with Crippen LogP contribution in [-0.4, -0.2) is 16.3 Å². The molecule has 0 aliphatic heterocycles. The highest BCUT2D eigenvalue weighted by molar-refractivity contribution is 5.91. The Morgan fingerprint density at radius 1 is 1.39 bits per heavy atom. The van der Waals surface area contributed by atoms with Gasteiger partial charge in [-0.1, -0.05) is 0 Å². The number of rotatable bonds is 0. The molecule has 1 heterocycles. The number of nitrogens with two attached hydrogens (primary N) is 1. The fourth-order valence-corrected chi connectivity index (χ4v) is 1.72. The van der Waals surface area contributed by atoms with E-state index in [0.29, 0.717) is 11.1 Å². The highest BCUT2D eigenvalue weighted by Gasteiger charge is 2.20. The predicted molar refractivity (Wildman–Crippen MR) is 67.9 cm³/mol. The summed E-state index contributed by atoms with van der Waals surface area (Å²) in [5.74, 6) is -0.541. The van der Waals surface area contributed by atoms with Crippen LogP contribution in [-0.2, 0) is 4.74 Å². The molecule has 0 saturated carbocycles. The van der Waals surface area contributed by atoms with Crippen molar-refractivity contribution >= 4 is 22.7 Å². The van der Waals surface area contributed by atoms with Gasteiger partial charge in [0.1, 0.15) is 11.4 Å². The van der Waals surface area contributed by atoms with E-state index in [2.05, 4.69) is 0 Å². The van der Waals surface area contributed by atoms with Gasteiger partial charge in [-0.2, -0.15) is 0 Å². The van der Waals surface area contributed by atoms with Gasteiger partial charge in [0.05, 0.1) is 5.52 Å². The molecular weight excluding hydrogens is 235 g/mol. The van der Waals surface area contributed by atoms with E-state index in [9.17, 15) is 9.18 Å². The molecule has 0 bridgehead atoms. The molecule has 4 nitrogen and oxygen atoms in total. The van der Waals surface area contributed by atoms with Crippen LogP contribution in [0.2, 0.25) is 0 Å². The summed E-state index contributed by atoms with van der Waals surface area (Å²) in [4.78, 5) is 11.9. The fraction of sp³-hybridized carbons (Fsp3) is 0.308. The summed E-state index contributed by atoms with van der Waals surface area (Å²) < 4.78 is 20.2. The van der Waals surface area contributed by atoms with Crippen molar-refractivity contribution < 1.29 is 13.9 Å². The van der Waals surface area contributed by atoms with Crippen molar-refractivity contribution in [3.8, 4) is 0 Å². The zero-order valence-corrected chi connectivity index (χ0v) is 10.5. The first-order valence-corrected chi connectivity index (χ1v) is 5.57. The monoisotopic (exact) mass is 250 g/mol. The predicted octanol–water partition coefficient (Wildman–Crippen LogP) is 3.15. The Bertz CT molecular complexity index is 611. The Hall–Kier alpha value is -2.04. The minimum atomic E-state index is -0.627. The van der Waals surface area contributed by atoms with Crippen molar-refractivity contribution in [1.82, 2.24) is 4.57 Å². The van der Waals surface area contributed by atoms with Crippen LogP contribution < -0.4 is 5.73 Å². The summed E-state index contributed by atoms with van der Waals surface area (Å²) in [6.45, 7) is 5.26. The molecule has 96 valence electrons. The Balaban J connectivity index is 2.50. The van der Waals surface area contributed by atoms with Crippen LogP contribution in [0.15, 0.2) is 24.4 Å². The van der Waals surface area contributed by atoms with Crippen LogP contribution in [0.1, 0.15) is 20.8 Å². The van der Waals surface area contributed by atoms with Gasteiger partial charge in [-0.15, -0.1) is 0 Å². The number of carbonyl (C=O) groups is 1. The Morgan fingerprint density at radius 3 is 2.67 bits per heavy atom. The van der Waals surface area contributed by atoms with Gasteiger partial charge in [0, 0.05) is 17.3 Å². The van der Waals surface area contributed by atoms with Gasteiger partial charge in [-0.3, -0.25) is 0 Å². The van der Waals surface area contributed by atoms with Gasteiger partial charge in [-0.05, 0) is 39.0 Å². The van der Waals surface area contributed by atoms with E-state index in [1.54, 1.807) is 32.9 Å². The lowest BCUT2D eigenvalue weighted by molar-refractivity contribution is 0.0543. The van der Waals surface area contributed by atoms with Crippen LogP contribution in [0.3, 0.4) is 0 Å². The Morgan fingerprint density at radius 2 is 2.06 bits per heavy atom. The average molecular weight is 250 g/mol. The molecule has 1 aromatic heterocycles. The van der Waals surface area contributed by atoms with E-state index in [4.69, 9.17) is 10.5 Å². The van der Waals surface area contributed by atoms with Gasteiger partial charge in [0.2, 0.25) is 0 Å². The molecule has 2 rings (SSSR count). The second-order valence-electron chi connectivity index (χ2n) is 5.11. The maximum Gasteiger partial charge on any atom is 0.419 e. The number of fused-ring (bicyclic) bond motifs is 1. The molecular formula is C13H15FN2O2. The summed E-state index contributed by atoms with van der Waals surface area (Å²) in [7, 11) is 0. The molecule has 0 aliphatic carbocycles. The molecule has 2 aromatic rings. The number of hydrogen-bond acceptors (Lipinski definition) is 3. The first-order valence-electron chi connectivity index (χ1n) is 5.57. The molecule has 0 fully saturated rings. The Labute approximate surface area is 104 Å². The third kappa shape index (κ3) is 2.30. The summed E-state index contributed by atoms with van der Waals surface area (Å²) in [5.41, 5.74) is 5.42. The number of halogens is 1. The third-order valence-electron chi connectivity index (χ3n) is 2.35. The molecule has 0 atom stereocenters. The second-order valence-corrected chi connectivity index (χ2v) is 5.11. The number of nitrogens with zero attached hydrogens (tertiary/aromatic N) is 1. The van der Waals surface area contributed by atoms with Crippen LogP contribution in [0.5, 0.6) is 0 Å². The van der Waals surface area contributed by atoms with E-state index >= 15 is 0 Å². The van der Waals surface area contributed by atoms with Crippen molar-refractivity contribution in [2.24, 2.45) is 0 Å². The quantitative estimate of drug-likeness (QED) is 0.731. The van der Waals surface area contributed by atoms with E-state index in [-0.39, 0.29) is 5.52 Å². The number of hydrogen-bond donors (Lipinski definition) is 1. The van der Waals surface area contributed by atoms with Crippen molar-refractivity contribution in [3.63, 3.8) is 0 Å². The average Bonchev–Trinajstić information content (AvgIpc) is 2.58. The van der Waals surface area contributed by atoms with Gasteiger partial charge in [0.15, 0.2) is 0 Å². The molecule has 5 heteroatoms. The highest BCUT2D eigenvalue weighted by atomic mass is 19.1. The summed E-state index contributed by atoms with van der Waals surface area (Å²) in [6.07, 6.45) is 0.863. The molecule has 18 heavy (non-hydrogen) atoms. The topological polar surface area (TPSA) is 57.2 Å². The van der Waals surface area contributed by atoms with Crippen LogP contribution >= 0.6 is 0 Å². The van der Waals surface area contributed by atoms with Gasteiger partial charge in [-0.25, -0.2) is 13.8 Å². The van der Waals surface area contributed by atoms with Crippen LogP contribution in [0.4, 0.5) is 14.9 Å². The summed E-state index contributed by atoms with van der Waals surface area (Å²) in [6, 6.07) is 4.42. The summed E-state index contributed by atoms with van der Waals surface area (Å²) >= 11 is 0. The van der Waals surface area contributed by atoms with E-state index in [1.807, 2.05) is 0 Å². The Kier molecular flexibility index (Phi) is 2.77. The fourth-order valence-electron chi connectivity index (χ4n) is 1.72. The van der Waals surface area contributed by atoms with Crippen molar-refractivity contribution in [2.75, 3.05) is 5.73 Å². The summed E-state index contributed by atoms with van der Waals surface area (Å²) in [5, 5.41) is 0.568. The minimum Gasteiger partial charge on any atom is -0.443 e. The van der Waals surface area contributed by atoms with Crippen molar-refractivity contribution in [3.05, 3.63) is 30.2 Å². The van der Waals surface area contributed by atoms with E-state index in [1.165, 1.54) is 12.3 Å². The first kappa shape index (κ1) is 12.4. The molecule has 0 radical (unpaired) electrons. The molecule has 0 aliphatic rings. The zero-order valence-electron chi connectivity index (χ0n) is 10.5. The van der Waals surface area contributed by atoms with Crippen LogP contribution in [0.25, 0.3) is 10.9 Å². The number of carbonyl (C=O) groups excluding carboxylic acids is 1. The number of anilines is 1. The number of aromatic nitrogens is 1. The zero-order chi connectivity index (χ0) is 13.5. The number of ether oxygens (including phenoxy) is 1. The standard InChI is InChI=1S/C13H15FN2O2/c1-13(2,3)18-12(17)16-5-4-8-6-9(15)7-10(14)11(8)16/h4-7H,15H2,1-3H3. The molecule has 0 unspecified atom stereocenters. The molecule has 0 saturated heterocycles. The van der Waals surface area contributed by atoms with Gasteiger partial charge in [0.25, 0.3) is 0 Å². The lowest BCUT2D eigenvalue weighted by Crippen LogP contribution is -2.26. The first-order chi connectivity index (χ1) is 8.28. The van der Waals surface area contributed by atoms with E-state index in [0.717, 1.165) is 4.57 Å².